The number of hydrogen-bond donors (Lipinski definition) is 2. The van der Waals surface area contributed by atoms with Crippen molar-refractivity contribution in [3.63, 3.8) is 0 Å². The largest absolute Gasteiger partial charge is 0.467 e. The van der Waals surface area contributed by atoms with E-state index in [-0.39, 0.29) is 12.8 Å². The molecule has 0 aromatic carbocycles. The molecule has 0 saturated carbocycles. The van der Waals surface area contributed by atoms with E-state index < -0.39 is 18.0 Å². The summed E-state index contributed by atoms with van der Waals surface area (Å²) in [5.41, 5.74) is 2.32. The molecule has 5 nitrogen and oxygen atoms in total. The fourth-order valence-electron chi connectivity index (χ4n) is 2.36. The highest BCUT2D eigenvalue weighted by atomic mass is 19.4. The summed E-state index contributed by atoms with van der Waals surface area (Å²) in [5, 5.41) is 0. The first kappa shape index (κ1) is 14.9. The summed E-state index contributed by atoms with van der Waals surface area (Å²) in [5.74, 6) is 3.76. The van der Waals surface area contributed by atoms with Gasteiger partial charge in [-0.3, -0.25) is 15.1 Å². The minimum Gasteiger partial charge on any atom is -0.467 e. The molecule has 112 valence electrons. The summed E-state index contributed by atoms with van der Waals surface area (Å²) in [6, 6.07) is 1.49. The van der Waals surface area contributed by atoms with Crippen LogP contribution in [0.3, 0.4) is 0 Å². The third-order valence-corrected chi connectivity index (χ3v) is 3.54. The van der Waals surface area contributed by atoms with Gasteiger partial charge >= 0.3 is 6.18 Å². The van der Waals surface area contributed by atoms with Gasteiger partial charge in [-0.25, -0.2) is 5.84 Å². The number of nitrogens with one attached hydrogen (secondary N) is 1. The second kappa shape index (κ2) is 5.84. The number of carbonyl (C=O) groups is 1. The first-order valence-corrected chi connectivity index (χ1v) is 6.28. The molecule has 2 heterocycles. The van der Waals surface area contributed by atoms with E-state index in [1.165, 1.54) is 12.3 Å². The fraction of sp³-hybridized carbons (Fsp3) is 0.583. The highest BCUT2D eigenvalue weighted by molar-refractivity contribution is 5.94. The zero-order valence-electron chi connectivity index (χ0n) is 10.7. The average molecular weight is 291 g/mol. The first-order valence-electron chi connectivity index (χ1n) is 6.28. The van der Waals surface area contributed by atoms with Gasteiger partial charge in [0.05, 0.1) is 24.3 Å². The van der Waals surface area contributed by atoms with Gasteiger partial charge in [0, 0.05) is 0 Å². The number of nitrogens with two attached hydrogens (primary N) is 1. The molecule has 8 heteroatoms. The van der Waals surface area contributed by atoms with Crippen LogP contribution in [0, 0.1) is 5.92 Å². The van der Waals surface area contributed by atoms with Crippen molar-refractivity contribution in [1.29, 1.82) is 0 Å². The zero-order chi connectivity index (χ0) is 14.8. The Hall–Kier alpha value is -1.54. The van der Waals surface area contributed by atoms with Gasteiger partial charge in [-0.2, -0.15) is 13.2 Å². The Labute approximate surface area is 113 Å². The van der Waals surface area contributed by atoms with Crippen molar-refractivity contribution in [1.82, 2.24) is 10.3 Å². The Balaban J connectivity index is 1.93. The molecule has 1 aliphatic rings. The van der Waals surface area contributed by atoms with Crippen molar-refractivity contribution in [2.24, 2.45) is 11.8 Å². The van der Waals surface area contributed by atoms with Gasteiger partial charge in [0.1, 0.15) is 5.76 Å². The maximum atomic E-state index is 12.6. The van der Waals surface area contributed by atoms with Crippen molar-refractivity contribution in [2.45, 2.75) is 25.6 Å². The number of nitrogen functional groups attached to an aromatic ring is 1. The smallest absolute Gasteiger partial charge is 0.391 e. The Morgan fingerprint density at radius 2 is 2.10 bits per heavy atom. The van der Waals surface area contributed by atoms with Crippen molar-refractivity contribution < 1.29 is 22.4 Å². The summed E-state index contributed by atoms with van der Waals surface area (Å²) in [4.78, 5) is 13.3. The molecule has 0 radical (unpaired) electrons. The maximum absolute atomic E-state index is 12.6. The molecule has 0 atom stereocenters. The Morgan fingerprint density at radius 3 is 2.65 bits per heavy atom. The van der Waals surface area contributed by atoms with E-state index in [0.29, 0.717) is 31.0 Å². The lowest BCUT2D eigenvalue weighted by Crippen LogP contribution is -2.39. The van der Waals surface area contributed by atoms with Crippen LogP contribution in [0.25, 0.3) is 0 Å². The van der Waals surface area contributed by atoms with E-state index in [2.05, 4.69) is 0 Å². The van der Waals surface area contributed by atoms with Gasteiger partial charge in [0.25, 0.3) is 5.91 Å². The molecule has 1 aliphatic heterocycles. The summed E-state index contributed by atoms with van der Waals surface area (Å²) in [6.45, 7) is 0.962. The second-order valence-electron chi connectivity index (χ2n) is 4.82. The minimum absolute atomic E-state index is 0.0721. The van der Waals surface area contributed by atoms with Gasteiger partial charge < -0.3 is 4.42 Å². The molecule has 1 aromatic heterocycles. The molecular formula is C12H16F3N3O2. The van der Waals surface area contributed by atoms with Crippen LogP contribution in [0.2, 0.25) is 0 Å². The number of rotatable bonds is 3. The SMILES string of the molecule is NNC(=O)c1ccoc1CN1CCC(C(F)(F)F)CC1. The van der Waals surface area contributed by atoms with Gasteiger partial charge in [0.15, 0.2) is 0 Å². The fourth-order valence-corrected chi connectivity index (χ4v) is 2.36. The predicted molar refractivity (Wildman–Crippen MR) is 64.4 cm³/mol. The second-order valence-corrected chi connectivity index (χ2v) is 4.82. The van der Waals surface area contributed by atoms with E-state index in [1.54, 1.807) is 0 Å². The van der Waals surface area contributed by atoms with Crippen molar-refractivity contribution >= 4 is 5.91 Å². The van der Waals surface area contributed by atoms with Crippen LogP contribution in [0.15, 0.2) is 16.7 Å². The zero-order valence-corrected chi connectivity index (χ0v) is 10.7. The monoisotopic (exact) mass is 291 g/mol. The normalized spacial score (nSPS) is 18.2. The van der Waals surface area contributed by atoms with Crippen LogP contribution in [-0.4, -0.2) is 30.1 Å². The maximum Gasteiger partial charge on any atom is 0.391 e. The van der Waals surface area contributed by atoms with E-state index in [9.17, 15) is 18.0 Å². The molecule has 1 saturated heterocycles. The van der Waals surface area contributed by atoms with Crippen molar-refractivity contribution in [2.75, 3.05) is 13.1 Å². The minimum atomic E-state index is -4.12. The standard InChI is InChI=1S/C12H16F3N3O2/c13-12(14,15)8-1-4-18(5-2-8)7-10-9(3-6-20-10)11(19)17-16/h3,6,8H,1-2,4-5,7,16H2,(H,17,19). The van der Waals surface area contributed by atoms with E-state index in [0.717, 1.165) is 0 Å². The summed E-state index contributed by atoms with van der Waals surface area (Å²) >= 11 is 0. The number of carbonyl (C=O) groups excluding carboxylic acids is 1. The van der Waals surface area contributed by atoms with Crippen molar-refractivity contribution in [3.05, 3.63) is 23.7 Å². The molecule has 0 aliphatic carbocycles. The Bertz CT molecular complexity index is 465. The number of alkyl halides is 3. The van der Waals surface area contributed by atoms with E-state index in [4.69, 9.17) is 10.3 Å². The molecular weight excluding hydrogens is 275 g/mol. The van der Waals surface area contributed by atoms with Crippen LogP contribution < -0.4 is 11.3 Å². The molecule has 1 amide bonds. The third-order valence-electron chi connectivity index (χ3n) is 3.54. The summed E-state index contributed by atoms with van der Waals surface area (Å²) in [6.07, 6.45) is -2.62. The number of nitrogens with zero attached hydrogens (tertiary/aromatic N) is 1. The van der Waals surface area contributed by atoms with Crippen LogP contribution in [0.5, 0.6) is 0 Å². The molecule has 20 heavy (non-hydrogen) atoms. The molecule has 1 aromatic rings. The molecule has 1 fully saturated rings. The number of furan rings is 1. The number of likely N-dealkylation sites (tertiary alicyclic amines) is 1. The van der Waals surface area contributed by atoms with Crippen LogP contribution >= 0.6 is 0 Å². The summed E-state index contributed by atoms with van der Waals surface area (Å²) < 4.78 is 42.9. The number of amides is 1. The highest BCUT2D eigenvalue weighted by Gasteiger charge is 2.41. The molecule has 2 rings (SSSR count). The van der Waals surface area contributed by atoms with Gasteiger partial charge in [-0.15, -0.1) is 0 Å². The molecule has 0 unspecified atom stereocenters. The first-order chi connectivity index (χ1) is 9.41. The van der Waals surface area contributed by atoms with Crippen LogP contribution in [0.1, 0.15) is 29.0 Å². The Morgan fingerprint density at radius 1 is 1.45 bits per heavy atom. The molecule has 0 bridgehead atoms. The van der Waals surface area contributed by atoms with Gasteiger partial charge in [0.2, 0.25) is 0 Å². The van der Waals surface area contributed by atoms with E-state index in [1.807, 2.05) is 10.3 Å². The lowest BCUT2D eigenvalue weighted by molar-refractivity contribution is -0.185. The lowest BCUT2D eigenvalue weighted by atomic mass is 9.96. The van der Waals surface area contributed by atoms with Gasteiger partial charge in [-0.05, 0) is 32.0 Å². The topological polar surface area (TPSA) is 71.5 Å². The van der Waals surface area contributed by atoms with Crippen LogP contribution in [-0.2, 0) is 6.54 Å². The van der Waals surface area contributed by atoms with Crippen molar-refractivity contribution in [3.8, 4) is 0 Å². The quantitative estimate of drug-likeness (QED) is 0.505. The number of halogens is 3. The average Bonchev–Trinajstić information content (AvgIpc) is 2.85. The number of piperidine rings is 1. The number of hydrogen-bond acceptors (Lipinski definition) is 4. The van der Waals surface area contributed by atoms with Gasteiger partial charge in [-0.1, -0.05) is 0 Å². The van der Waals surface area contributed by atoms with E-state index >= 15 is 0 Å². The van der Waals surface area contributed by atoms with Crippen LogP contribution in [0.4, 0.5) is 13.2 Å². The third kappa shape index (κ3) is 3.31. The summed E-state index contributed by atoms with van der Waals surface area (Å²) in [7, 11) is 0. The molecule has 3 N–H and O–H groups in total. The molecule has 0 spiro atoms. The number of hydrazine groups is 1. The lowest BCUT2D eigenvalue weighted by Gasteiger charge is -2.32. The highest BCUT2D eigenvalue weighted by Crippen LogP contribution is 2.34. The predicted octanol–water partition coefficient (Wildman–Crippen LogP) is 1.66. The Kier molecular flexibility index (Phi) is 4.34.